The van der Waals surface area contributed by atoms with Gasteiger partial charge in [-0.3, -0.25) is 4.99 Å². The molecule has 6 nitrogen and oxygen atoms in total. The Morgan fingerprint density at radius 2 is 1.76 bits per heavy atom. The topological polar surface area (TPSA) is 49.3 Å². The summed E-state index contributed by atoms with van der Waals surface area (Å²) in [7, 11) is 3.52. The number of hydrogen-bond donors (Lipinski definition) is 1. The minimum Gasteiger partial charge on any atom is -0.491 e. The summed E-state index contributed by atoms with van der Waals surface area (Å²) in [5.41, 5.74) is 2.45. The number of ether oxygens (including phenoxy) is 2. The Morgan fingerprint density at radius 3 is 2.45 bits per heavy atom. The van der Waals surface area contributed by atoms with Gasteiger partial charge in [0.05, 0.1) is 6.61 Å². The van der Waals surface area contributed by atoms with Gasteiger partial charge in [-0.15, -0.1) is 24.0 Å². The van der Waals surface area contributed by atoms with Crippen LogP contribution < -0.4 is 15.0 Å². The fourth-order valence-electron chi connectivity index (χ4n) is 3.32. The number of aliphatic imine (C=N–C) groups is 1. The molecule has 0 unspecified atom stereocenters. The zero-order valence-corrected chi connectivity index (χ0v) is 19.5. The average Bonchev–Trinajstić information content (AvgIpc) is 2.76. The molecule has 29 heavy (non-hydrogen) atoms. The van der Waals surface area contributed by atoms with E-state index in [2.05, 4.69) is 62.6 Å². The molecule has 1 aliphatic heterocycles. The number of guanidine groups is 1. The molecule has 0 bridgehead atoms. The van der Waals surface area contributed by atoms with Crippen molar-refractivity contribution in [3.63, 3.8) is 0 Å². The zero-order valence-electron chi connectivity index (χ0n) is 17.2. The second kappa shape index (κ2) is 12.5. The maximum atomic E-state index is 5.69. The van der Waals surface area contributed by atoms with E-state index in [9.17, 15) is 0 Å². The van der Waals surface area contributed by atoms with Gasteiger partial charge in [0.1, 0.15) is 12.4 Å². The maximum Gasteiger partial charge on any atom is 0.194 e. The molecule has 2 aromatic rings. The quantitative estimate of drug-likeness (QED) is 0.268. The second-order valence-electron chi connectivity index (χ2n) is 6.70. The van der Waals surface area contributed by atoms with E-state index < -0.39 is 0 Å². The summed E-state index contributed by atoms with van der Waals surface area (Å²) in [6.45, 7) is 5.75. The van der Waals surface area contributed by atoms with Crippen molar-refractivity contribution in [2.75, 3.05) is 58.5 Å². The standard InChI is InChI=1S/C22H30N4O2.HI/c1-23-22(24-18-19-7-6-10-21(17-19)28-16-15-27-2)26-13-11-25(12-14-26)20-8-4-3-5-9-20;/h3-10,17H,11-16,18H2,1-2H3,(H,23,24);1H. The van der Waals surface area contributed by atoms with E-state index in [4.69, 9.17) is 9.47 Å². The first-order chi connectivity index (χ1) is 13.8. The van der Waals surface area contributed by atoms with Crippen LogP contribution in [0.4, 0.5) is 5.69 Å². The van der Waals surface area contributed by atoms with E-state index in [0.717, 1.165) is 37.9 Å². The molecule has 0 radical (unpaired) electrons. The van der Waals surface area contributed by atoms with E-state index in [-0.39, 0.29) is 24.0 Å². The highest BCUT2D eigenvalue weighted by Gasteiger charge is 2.19. The minimum absolute atomic E-state index is 0. The Balaban J connectivity index is 0.00000300. The molecule has 1 saturated heterocycles. The number of para-hydroxylation sites is 1. The summed E-state index contributed by atoms with van der Waals surface area (Å²) in [5.74, 6) is 1.81. The number of methoxy groups -OCH3 is 1. The fourth-order valence-corrected chi connectivity index (χ4v) is 3.32. The third-order valence-electron chi connectivity index (χ3n) is 4.82. The van der Waals surface area contributed by atoms with Crippen LogP contribution in [0.3, 0.4) is 0 Å². The van der Waals surface area contributed by atoms with Crippen LogP contribution in [0.2, 0.25) is 0 Å². The number of benzene rings is 2. The normalized spacial score (nSPS) is 14.3. The van der Waals surface area contributed by atoms with Gasteiger partial charge in [-0.1, -0.05) is 30.3 Å². The van der Waals surface area contributed by atoms with Crippen LogP contribution in [0.1, 0.15) is 5.56 Å². The molecular weight excluding hydrogens is 479 g/mol. The highest BCUT2D eigenvalue weighted by Crippen LogP contribution is 2.16. The van der Waals surface area contributed by atoms with Crippen LogP contribution >= 0.6 is 24.0 Å². The molecule has 1 N–H and O–H groups in total. The summed E-state index contributed by atoms with van der Waals surface area (Å²) in [5, 5.41) is 3.48. The highest BCUT2D eigenvalue weighted by atomic mass is 127. The van der Waals surface area contributed by atoms with Gasteiger partial charge in [0.25, 0.3) is 0 Å². The monoisotopic (exact) mass is 510 g/mol. The van der Waals surface area contributed by atoms with E-state index >= 15 is 0 Å². The third-order valence-corrected chi connectivity index (χ3v) is 4.82. The summed E-state index contributed by atoms with van der Waals surface area (Å²) in [4.78, 5) is 9.21. The molecular formula is C22H31IN4O2. The van der Waals surface area contributed by atoms with Gasteiger partial charge in [0, 0.05) is 52.6 Å². The number of anilines is 1. The predicted molar refractivity (Wildman–Crippen MR) is 130 cm³/mol. The maximum absolute atomic E-state index is 5.69. The molecule has 1 heterocycles. The SMILES string of the molecule is CN=C(NCc1cccc(OCCOC)c1)N1CCN(c2ccccc2)CC1.I. The average molecular weight is 510 g/mol. The molecule has 1 aliphatic rings. The Morgan fingerprint density at radius 1 is 1.00 bits per heavy atom. The molecule has 0 saturated carbocycles. The van der Waals surface area contributed by atoms with Crippen molar-refractivity contribution in [1.29, 1.82) is 0 Å². The number of hydrogen-bond acceptors (Lipinski definition) is 4. The largest absolute Gasteiger partial charge is 0.491 e. The van der Waals surface area contributed by atoms with E-state index in [1.807, 2.05) is 19.2 Å². The first kappa shape index (κ1) is 23.3. The highest BCUT2D eigenvalue weighted by molar-refractivity contribution is 14.0. The second-order valence-corrected chi connectivity index (χ2v) is 6.70. The van der Waals surface area contributed by atoms with Crippen molar-refractivity contribution in [2.45, 2.75) is 6.54 Å². The van der Waals surface area contributed by atoms with E-state index in [1.165, 1.54) is 11.3 Å². The van der Waals surface area contributed by atoms with Crippen molar-refractivity contribution in [2.24, 2.45) is 4.99 Å². The molecule has 0 atom stereocenters. The number of piperazine rings is 1. The van der Waals surface area contributed by atoms with Crippen LogP contribution in [0, 0.1) is 0 Å². The molecule has 158 valence electrons. The molecule has 2 aromatic carbocycles. The Hall–Kier alpha value is -2.00. The number of nitrogens with zero attached hydrogens (tertiary/aromatic N) is 3. The fraction of sp³-hybridized carbons (Fsp3) is 0.409. The molecule has 7 heteroatoms. The molecule has 0 amide bonds. The van der Waals surface area contributed by atoms with Crippen LogP contribution in [-0.4, -0.2) is 64.4 Å². The van der Waals surface area contributed by atoms with Crippen molar-refractivity contribution in [3.05, 3.63) is 60.2 Å². The third kappa shape index (κ3) is 7.08. The smallest absolute Gasteiger partial charge is 0.194 e. The molecule has 0 spiro atoms. The van der Waals surface area contributed by atoms with Gasteiger partial charge in [0.2, 0.25) is 0 Å². The van der Waals surface area contributed by atoms with Crippen LogP contribution in [0.15, 0.2) is 59.6 Å². The van der Waals surface area contributed by atoms with Gasteiger partial charge in [0.15, 0.2) is 5.96 Å². The summed E-state index contributed by atoms with van der Waals surface area (Å²) >= 11 is 0. The zero-order chi connectivity index (χ0) is 19.6. The Bertz CT molecular complexity index is 749. The van der Waals surface area contributed by atoms with Crippen LogP contribution in [0.5, 0.6) is 5.75 Å². The molecule has 0 aromatic heterocycles. The van der Waals surface area contributed by atoms with Crippen molar-refractivity contribution in [1.82, 2.24) is 10.2 Å². The van der Waals surface area contributed by atoms with Gasteiger partial charge in [-0.05, 0) is 29.8 Å². The number of rotatable bonds is 7. The van der Waals surface area contributed by atoms with Gasteiger partial charge in [-0.2, -0.15) is 0 Å². The predicted octanol–water partition coefficient (Wildman–Crippen LogP) is 3.23. The Kier molecular flexibility index (Phi) is 10.1. The van der Waals surface area contributed by atoms with Gasteiger partial charge >= 0.3 is 0 Å². The summed E-state index contributed by atoms with van der Waals surface area (Å²) in [6, 6.07) is 18.7. The first-order valence-corrected chi connectivity index (χ1v) is 9.76. The lowest BCUT2D eigenvalue weighted by molar-refractivity contribution is 0.146. The van der Waals surface area contributed by atoms with Gasteiger partial charge in [-0.25, -0.2) is 0 Å². The molecule has 0 aliphatic carbocycles. The van der Waals surface area contributed by atoms with E-state index in [1.54, 1.807) is 7.11 Å². The molecule has 3 rings (SSSR count). The van der Waals surface area contributed by atoms with Crippen molar-refractivity contribution in [3.8, 4) is 5.75 Å². The molecule has 1 fully saturated rings. The van der Waals surface area contributed by atoms with Crippen molar-refractivity contribution >= 4 is 35.6 Å². The lowest BCUT2D eigenvalue weighted by Gasteiger charge is -2.37. The summed E-state index contributed by atoms with van der Waals surface area (Å²) in [6.07, 6.45) is 0. The lowest BCUT2D eigenvalue weighted by atomic mass is 10.2. The van der Waals surface area contributed by atoms with Crippen LogP contribution in [-0.2, 0) is 11.3 Å². The first-order valence-electron chi connectivity index (χ1n) is 9.76. The van der Waals surface area contributed by atoms with Crippen molar-refractivity contribution < 1.29 is 9.47 Å². The van der Waals surface area contributed by atoms with E-state index in [0.29, 0.717) is 19.8 Å². The van der Waals surface area contributed by atoms with Gasteiger partial charge < -0.3 is 24.6 Å². The minimum atomic E-state index is 0. The van der Waals surface area contributed by atoms with Crippen LogP contribution in [0.25, 0.3) is 0 Å². The lowest BCUT2D eigenvalue weighted by Crippen LogP contribution is -2.52. The summed E-state index contributed by atoms with van der Waals surface area (Å²) < 4.78 is 10.7. The number of halogens is 1. The number of nitrogens with one attached hydrogen (secondary N) is 1. The Labute approximate surface area is 190 Å².